The van der Waals surface area contributed by atoms with Crippen molar-refractivity contribution in [2.24, 2.45) is 0 Å². The normalized spacial score (nSPS) is 15.0. The van der Waals surface area contributed by atoms with Gasteiger partial charge in [0.1, 0.15) is 11.6 Å². The maximum Gasteiger partial charge on any atom is 0.257 e. The number of halogens is 1. The molecule has 1 aliphatic carbocycles. The SMILES string of the molecule is Cc1ncc(NC(=O)c2cc(F)cc(N3CCCC3)c2)cc1C(=O)Nc1ccc(N(C)C2CC2)nc1. The highest BCUT2D eigenvalue weighted by atomic mass is 19.1. The van der Waals surface area contributed by atoms with Gasteiger partial charge in [-0.3, -0.25) is 14.6 Å². The quantitative estimate of drug-likeness (QED) is 0.504. The Morgan fingerprint density at radius 2 is 1.69 bits per heavy atom. The monoisotopic (exact) mass is 488 g/mol. The van der Waals surface area contributed by atoms with E-state index in [1.807, 2.05) is 19.2 Å². The van der Waals surface area contributed by atoms with Crippen LogP contribution in [0.5, 0.6) is 0 Å². The van der Waals surface area contributed by atoms with Crippen LogP contribution in [0.4, 0.5) is 27.3 Å². The third-order valence-corrected chi connectivity index (χ3v) is 6.67. The molecular formula is C27H29FN6O2. The van der Waals surface area contributed by atoms with Gasteiger partial charge in [-0.25, -0.2) is 9.37 Å². The Morgan fingerprint density at radius 1 is 0.972 bits per heavy atom. The number of hydrogen-bond acceptors (Lipinski definition) is 6. The van der Waals surface area contributed by atoms with Gasteiger partial charge in [0.15, 0.2) is 0 Å². The predicted molar refractivity (Wildman–Crippen MR) is 138 cm³/mol. The predicted octanol–water partition coefficient (Wildman–Crippen LogP) is 4.63. The van der Waals surface area contributed by atoms with Crippen LogP contribution in [0.2, 0.25) is 0 Å². The first-order chi connectivity index (χ1) is 17.4. The number of nitrogens with one attached hydrogen (secondary N) is 2. The zero-order valence-electron chi connectivity index (χ0n) is 20.4. The minimum Gasteiger partial charge on any atom is -0.371 e. The van der Waals surface area contributed by atoms with E-state index in [0.29, 0.717) is 34.4 Å². The summed E-state index contributed by atoms with van der Waals surface area (Å²) in [6.45, 7) is 3.42. The number of aryl methyl sites for hydroxylation is 1. The second-order valence-corrected chi connectivity index (χ2v) is 9.40. The van der Waals surface area contributed by atoms with E-state index >= 15 is 0 Å². The van der Waals surface area contributed by atoms with E-state index in [9.17, 15) is 14.0 Å². The Hall–Kier alpha value is -4.01. The van der Waals surface area contributed by atoms with Gasteiger partial charge >= 0.3 is 0 Å². The van der Waals surface area contributed by atoms with Crippen LogP contribution >= 0.6 is 0 Å². The smallest absolute Gasteiger partial charge is 0.257 e. The van der Waals surface area contributed by atoms with Gasteiger partial charge in [0.25, 0.3) is 11.8 Å². The molecule has 1 aromatic carbocycles. The molecule has 36 heavy (non-hydrogen) atoms. The summed E-state index contributed by atoms with van der Waals surface area (Å²) in [4.78, 5) is 38.8. The molecular weight excluding hydrogens is 459 g/mol. The first-order valence-electron chi connectivity index (χ1n) is 12.2. The molecule has 2 aromatic heterocycles. The van der Waals surface area contributed by atoms with Crippen LogP contribution in [0.3, 0.4) is 0 Å². The molecule has 0 atom stereocenters. The van der Waals surface area contributed by atoms with Gasteiger partial charge in [0.05, 0.1) is 35.0 Å². The van der Waals surface area contributed by atoms with Gasteiger partial charge < -0.3 is 20.4 Å². The van der Waals surface area contributed by atoms with Crippen molar-refractivity contribution in [3.05, 3.63) is 71.4 Å². The molecule has 0 spiro atoms. The molecule has 2 amide bonds. The van der Waals surface area contributed by atoms with Crippen molar-refractivity contribution >= 4 is 34.7 Å². The van der Waals surface area contributed by atoms with E-state index < -0.39 is 11.7 Å². The molecule has 3 aromatic rings. The summed E-state index contributed by atoms with van der Waals surface area (Å²) in [6, 6.07) is 10.2. The molecule has 1 aliphatic heterocycles. The first-order valence-corrected chi connectivity index (χ1v) is 12.2. The Labute approximate surface area is 209 Å². The molecule has 2 N–H and O–H groups in total. The van der Waals surface area contributed by atoms with Crippen molar-refractivity contribution in [3.63, 3.8) is 0 Å². The topological polar surface area (TPSA) is 90.5 Å². The lowest BCUT2D eigenvalue weighted by Gasteiger charge is -2.18. The van der Waals surface area contributed by atoms with Crippen LogP contribution in [0.25, 0.3) is 0 Å². The van der Waals surface area contributed by atoms with Gasteiger partial charge in [-0.05, 0) is 69.0 Å². The van der Waals surface area contributed by atoms with E-state index in [1.54, 1.807) is 25.3 Å². The highest BCUT2D eigenvalue weighted by molar-refractivity contribution is 6.08. The summed E-state index contributed by atoms with van der Waals surface area (Å²) in [5, 5.41) is 5.58. The van der Waals surface area contributed by atoms with E-state index in [-0.39, 0.29) is 11.5 Å². The zero-order chi connectivity index (χ0) is 25.2. The first kappa shape index (κ1) is 23.7. The molecule has 0 bridgehead atoms. The molecule has 9 heteroatoms. The Bertz CT molecular complexity index is 1290. The largest absolute Gasteiger partial charge is 0.371 e. The summed E-state index contributed by atoms with van der Waals surface area (Å²) < 4.78 is 14.2. The number of anilines is 4. The van der Waals surface area contributed by atoms with Crippen LogP contribution in [0.1, 0.15) is 52.1 Å². The van der Waals surface area contributed by atoms with Crippen molar-refractivity contribution in [3.8, 4) is 0 Å². The lowest BCUT2D eigenvalue weighted by molar-refractivity contribution is 0.101. The molecule has 5 rings (SSSR count). The fourth-order valence-corrected chi connectivity index (χ4v) is 4.41. The minimum atomic E-state index is -0.466. The summed E-state index contributed by atoms with van der Waals surface area (Å²) in [5.41, 5.74) is 2.67. The fraction of sp³-hybridized carbons (Fsp3) is 0.333. The van der Waals surface area contributed by atoms with Crippen LogP contribution in [0.15, 0.2) is 48.8 Å². The number of hydrogen-bond donors (Lipinski definition) is 2. The average molecular weight is 489 g/mol. The van der Waals surface area contributed by atoms with Crippen LogP contribution in [-0.2, 0) is 0 Å². The third-order valence-electron chi connectivity index (χ3n) is 6.67. The minimum absolute atomic E-state index is 0.214. The van der Waals surface area contributed by atoms with Crippen LogP contribution < -0.4 is 20.4 Å². The van der Waals surface area contributed by atoms with E-state index in [1.165, 1.54) is 31.2 Å². The summed E-state index contributed by atoms with van der Waals surface area (Å²) in [5.74, 6) is -0.423. The Morgan fingerprint density at radius 3 is 2.39 bits per heavy atom. The second kappa shape index (κ2) is 9.93. The maximum atomic E-state index is 14.2. The van der Waals surface area contributed by atoms with Crippen molar-refractivity contribution in [2.75, 3.05) is 40.6 Å². The number of nitrogens with zero attached hydrogens (tertiary/aromatic N) is 4. The second-order valence-electron chi connectivity index (χ2n) is 9.40. The van der Waals surface area contributed by atoms with Crippen molar-refractivity contribution < 1.29 is 14.0 Å². The fourth-order valence-electron chi connectivity index (χ4n) is 4.41. The highest BCUT2D eigenvalue weighted by Crippen LogP contribution is 2.29. The number of pyridine rings is 2. The molecule has 1 saturated heterocycles. The van der Waals surface area contributed by atoms with E-state index in [0.717, 1.165) is 31.7 Å². The number of benzene rings is 1. The van der Waals surface area contributed by atoms with E-state index in [2.05, 4.69) is 30.4 Å². The Kier molecular flexibility index (Phi) is 6.54. The van der Waals surface area contributed by atoms with E-state index in [4.69, 9.17) is 0 Å². The maximum absolute atomic E-state index is 14.2. The number of amides is 2. The molecule has 0 radical (unpaired) electrons. The van der Waals surface area contributed by atoms with Crippen LogP contribution in [0, 0.1) is 12.7 Å². The number of carbonyl (C=O) groups excluding carboxylic acids is 2. The summed E-state index contributed by atoms with van der Waals surface area (Å²) >= 11 is 0. The molecule has 2 fully saturated rings. The zero-order valence-corrected chi connectivity index (χ0v) is 20.4. The van der Waals surface area contributed by atoms with Gasteiger partial charge in [-0.2, -0.15) is 0 Å². The van der Waals surface area contributed by atoms with Crippen molar-refractivity contribution in [1.29, 1.82) is 0 Å². The Balaban J connectivity index is 1.28. The lowest BCUT2D eigenvalue weighted by atomic mass is 10.1. The van der Waals surface area contributed by atoms with Gasteiger partial charge in [-0.15, -0.1) is 0 Å². The number of aromatic nitrogens is 2. The number of rotatable bonds is 7. The number of carbonyl (C=O) groups is 2. The molecule has 2 aliphatic rings. The van der Waals surface area contributed by atoms with Crippen molar-refractivity contribution in [1.82, 2.24) is 9.97 Å². The molecule has 0 unspecified atom stereocenters. The molecule has 3 heterocycles. The van der Waals surface area contributed by atoms with Gasteiger partial charge in [-0.1, -0.05) is 0 Å². The standard InChI is InChI=1S/C27H29FN6O2/c1-17-24(27(36)31-20-5-8-25(30-15-20)33(2)22-6-7-22)14-21(16-29-17)32-26(35)18-11-19(28)13-23(12-18)34-9-3-4-10-34/h5,8,11-16,22H,3-4,6-7,9-10H2,1-2H3,(H,31,36)(H,32,35). The molecule has 8 nitrogen and oxygen atoms in total. The van der Waals surface area contributed by atoms with Crippen LogP contribution in [-0.4, -0.2) is 48.0 Å². The summed E-state index contributed by atoms with van der Waals surface area (Å²) in [7, 11) is 2.02. The van der Waals surface area contributed by atoms with Gasteiger partial charge in [0.2, 0.25) is 0 Å². The third kappa shape index (κ3) is 5.30. The molecule has 186 valence electrons. The van der Waals surface area contributed by atoms with Crippen molar-refractivity contribution in [2.45, 2.75) is 38.6 Å². The average Bonchev–Trinajstić information content (AvgIpc) is 3.58. The summed E-state index contributed by atoms with van der Waals surface area (Å²) in [6.07, 6.45) is 7.56. The highest BCUT2D eigenvalue weighted by Gasteiger charge is 2.27. The van der Waals surface area contributed by atoms with Gasteiger partial charge in [0, 0.05) is 37.4 Å². The lowest BCUT2D eigenvalue weighted by Crippen LogP contribution is -2.21. The molecule has 1 saturated carbocycles.